The Morgan fingerprint density at radius 1 is 1.10 bits per heavy atom. The van der Waals surface area contributed by atoms with Gasteiger partial charge < -0.3 is 9.15 Å². The fourth-order valence-electron chi connectivity index (χ4n) is 3.10. The third kappa shape index (κ3) is 3.87. The lowest BCUT2D eigenvalue weighted by atomic mass is 10.0. The van der Waals surface area contributed by atoms with Crippen molar-refractivity contribution in [1.29, 1.82) is 0 Å². The van der Waals surface area contributed by atoms with Gasteiger partial charge in [0.15, 0.2) is 0 Å². The highest BCUT2D eigenvalue weighted by Crippen LogP contribution is 2.31. The first kappa shape index (κ1) is 18.4. The molecule has 1 amide bonds. The number of fused-ring (bicyclic) bond motifs is 1. The first-order valence-corrected chi connectivity index (χ1v) is 9.09. The molecule has 4 aromatic rings. The minimum absolute atomic E-state index is 0.334. The standard InChI is InChI=1S/C23H19N3O3/c1-15-11-12-16(29-15)14-24-26-23(27)19-13-21(18-8-4-6-10-22(18)28-2)25-20-9-5-3-7-17(19)20/h3-14H,1-2H3,(H,26,27)/b24-14-. The number of hydrogen-bond donors (Lipinski definition) is 1. The predicted octanol–water partition coefficient (Wildman–Crippen LogP) is 4.58. The molecule has 0 bridgehead atoms. The van der Waals surface area contributed by atoms with E-state index in [1.54, 1.807) is 19.2 Å². The van der Waals surface area contributed by atoms with E-state index in [2.05, 4.69) is 10.5 Å². The summed E-state index contributed by atoms with van der Waals surface area (Å²) in [7, 11) is 1.61. The van der Waals surface area contributed by atoms with Gasteiger partial charge in [-0.05, 0) is 43.3 Å². The smallest absolute Gasteiger partial charge is 0.272 e. The van der Waals surface area contributed by atoms with Crippen LogP contribution in [0, 0.1) is 6.92 Å². The molecule has 0 atom stereocenters. The summed E-state index contributed by atoms with van der Waals surface area (Å²) in [5.41, 5.74) is 5.22. The van der Waals surface area contributed by atoms with Crippen LogP contribution in [-0.4, -0.2) is 24.2 Å². The number of ether oxygens (including phenoxy) is 1. The Morgan fingerprint density at radius 3 is 2.69 bits per heavy atom. The zero-order valence-electron chi connectivity index (χ0n) is 16.0. The monoisotopic (exact) mass is 385 g/mol. The van der Waals surface area contributed by atoms with Crippen LogP contribution >= 0.6 is 0 Å². The van der Waals surface area contributed by atoms with E-state index in [9.17, 15) is 4.79 Å². The van der Waals surface area contributed by atoms with Gasteiger partial charge >= 0.3 is 0 Å². The highest BCUT2D eigenvalue weighted by atomic mass is 16.5. The Kier molecular flexibility index (Phi) is 5.07. The molecule has 0 radical (unpaired) electrons. The maximum atomic E-state index is 12.9. The molecule has 144 valence electrons. The van der Waals surface area contributed by atoms with E-state index in [-0.39, 0.29) is 5.91 Å². The van der Waals surface area contributed by atoms with E-state index in [0.717, 1.165) is 16.7 Å². The lowest BCUT2D eigenvalue weighted by Gasteiger charge is -2.11. The number of hydrazone groups is 1. The van der Waals surface area contributed by atoms with Gasteiger partial charge in [-0.3, -0.25) is 4.79 Å². The summed E-state index contributed by atoms with van der Waals surface area (Å²) in [6.07, 6.45) is 1.47. The van der Waals surface area contributed by atoms with Gasteiger partial charge in [-0.1, -0.05) is 30.3 Å². The van der Waals surface area contributed by atoms with Crippen LogP contribution in [0.15, 0.2) is 76.2 Å². The molecule has 6 heteroatoms. The van der Waals surface area contributed by atoms with Crippen LogP contribution in [0.4, 0.5) is 0 Å². The molecule has 6 nitrogen and oxygen atoms in total. The molecular weight excluding hydrogens is 366 g/mol. The van der Waals surface area contributed by atoms with Crippen molar-refractivity contribution in [2.75, 3.05) is 7.11 Å². The average Bonchev–Trinajstić information content (AvgIpc) is 3.17. The molecule has 0 saturated heterocycles. The summed E-state index contributed by atoms with van der Waals surface area (Å²) in [5, 5.41) is 4.75. The molecule has 29 heavy (non-hydrogen) atoms. The molecule has 0 aliphatic rings. The Bertz CT molecular complexity index is 1210. The topological polar surface area (TPSA) is 76.7 Å². The second kappa shape index (κ2) is 7.98. The molecule has 0 unspecified atom stereocenters. The summed E-state index contributed by atoms with van der Waals surface area (Å²) in [6.45, 7) is 1.85. The molecule has 0 saturated carbocycles. The highest BCUT2D eigenvalue weighted by molar-refractivity contribution is 6.07. The van der Waals surface area contributed by atoms with Crippen molar-refractivity contribution >= 4 is 23.0 Å². The van der Waals surface area contributed by atoms with Crippen molar-refractivity contribution in [2.45, 2.75) is 6.92 Å². The Morgan fingerprint density at radius 2 is 1.90 bits per heavy atom. The maximum absolute atomic E-state index is 12.9. The van der Waals surface area contributed by atoms with Crippen LogP contribution in [0.2, 0.25) is 0 Å². The van der Waals surface area contributed by atoms with Crippen LogP contribution < -0.4 is 10.2 Å². The molecule has 0 fully saturated rings. The third-order valence-electron chi connectivity index (χ3n) is 4.46. The molecule has 2 aromatic carbocycles. The van der Waals surface area contributed by atoms with Crippen molar-refractivity contribution in [3.8, 4) is 17.0 Å². The minimum atomic E-state index is -0.334. The number of furan rings is 1. The zero-order valence-corrected chi connectivity index (χ0v) is 16.0. The van der Waals surface area contributed by atoms with Crippen LogP contribution in [0.3, 0.4) is 0 Å². The van der Waals surface area contributed by atoms with Crippen molar-refractivity contribution in [1.82, 2.24) is 10.4 Å². The van der Waals surface area contributed by atoms with Gasteiger partial charge in [0.2, 0.25) is 0 Å². The molecular formula is C23H19N3O3. The number of nitrogens with zero attached hydrogens (tertiary/aromatic N) is 2. The second-order valence-electron chi connectivity index (χ2n) is 6.42. The SMILES string of the molecule is COc1ccccc1-c1cc(C(=O)N/N=C\c2ccc(C)o2)c2ccccc2n1. The maximum Gasteiger partial charge on any atom is 0.272 e. The molecule has 2 heterocycles. The van der Waals surface area contributed by atoms with Gasteiger partial charge in [0, 0.05) is 10.9 Å². The first-order chi connectivity index (χ1) is 14.2. The number of amides is 1. The van der Waals surface area contributed by atoms with E-state index < -0.39 is 0 Å². The van der Waals surface area contributed by atoms with E-state index >= 15 is 0 Å². The molecule has 0 aliphatic heterocycles. The molecule has 0 aliphatic carbocycles. The largest absolute Gasteiger partial charge is 0.496 e. The number of carbonyl (C=O) groups is 1. The number of hydrogen-bond acceptors (Lipinski definition) is 5. The number of aryl methyl sites for hydroxylation is 1. The molecule has 4 rings (SSSR count). The van der Waals surface area contributed by atoms with Crippen LogP contribution in [-0.2, 0) is 0 Å². The predicted molar refractivity (Wildman–Crippen MR) is 112 cm³/mol. The summed E-state index contributed by atoms with van der Waals surface area (Å²) >= 11 is 0. The fraction of sp³-hybridized carbons (Fsp3) is 0.0870. The lowest BCUT2D eigenvalue weighted by Crippen LogP contribution is -2.18. The van der Waals surface area contributed by atoms with Gasteiger partial charge in [-0.25, -0.2) is 10.4 Å². The van der Waals surface area contributed by atoms with Gasteiger partial charge in [0.25, 0.3) is 5.91 Å². The first-order valence-electron chi connectivity index (χ1n) is 9.09. The number of aromatic nitrogens is 1. The number of methoxy groups -OCH3 is 1. The Balaban J connectivity index is 1.72. The number of nitrogens with one attached hydrogen (secondary N) is 1. The van der Waals surface area contributed by atoms with E-state index in [0.29, 0.717) is 28.3 Å². The van der Waals surface area contributed by atoms with E-state index in [4.69, 9.17) is 14.1 Å². The van der Waals surface area contributed by atoms with Crippen LogP contribution in [0.25, 0.3) is 22.2 Å². The molecule has 1 N–H and O–H groups in total. The summed E-state index contributed by atoms with van der Waals surface area (Å²) in [5.74, 6) is 1.70. The average molecular weight is 385 g/mol. The number of pyridine rings is 1. The Hall–Kier alpha value is -3.93. The van der Waals surface area contributed by atoms with Gasteiger partial charge in [0.1, 0.15) is 17.3 Å². The summed E-state index contributed by atoms with van der Waals surface area (Å²) in [6, 6.07) is 20.4. The highest BCUT2D eigenvalue weighted by Gasteiger charge is 2.15. The van der Waals surface area contributed by atoms with Gasteiger partial charge in [-0.2, -0.15) is 5.10 Å². The number of carbonyl (C=O) groups excluding carboxylic acids is 1. The second-order valence-corrected chi connectivity index (χ2v) is 6.42. The molecule has 2 aromatic heterocycles. The summed E-state index contributed by atoms with van der Waals surface area (Å²) in [4.78, 5) is 17.6. The normalized spacial score (nSPS) is 11.1. The van der Waals surface area contributed by atoms with Gasteiger partial charge in [0.05, 0.1) is 30.1 Å². The summed E-state index contributed by atoms with van der Waals surface area (Å²) < 4.78 is 10.9. The van der Waals surface area contributed by atoms with Crippen molar-refractivity contribution in [2.24, 2.45) is 5.10 Å². The van der Waals surface area contributed by atoms with Crippen molar-refractivity contribution in [3.63, 3.8) is 0 Å². The van der Waals surface area contributed by atoms with E-state index in [1.165, 1.54) is 6.21 Å². The van der Waals surface area contributed by atoms with Crippen molar-refractivity contribution < 1.29 is 13.9 Å². The number of benzene rings is 2. The lowest BCUT2D eigenvalue weighted by molar-refractivity contribution is 0.0956. The molecule has 0 spiro atoms. The van der Waals surface area contributed by atoms with E-state index in [1.807, 2.05) is 61.5 Å². The van der Waals surface area contributed by atoms with Crippen LogP contribution in [0.5, 0.6) is 5.75 Å². The quantitative estimate of drug-likeness (QED) is 0.403. The fourth-order valence-corrected chi connectivity index (χ4v) is 3.10. The zero-order chi connectivity index (χ0) is 20.2. The Labute approximate surface area is 167 Å². The number of para-hydroxylation sites is 2. The minimum Gasteiger partial charge on any atom is -0.496 e. The third-order valence-corrected chi connectivity index (χ3v) is 4.46. The number of rotatable bonds is 5. The van der Waals surface area contributed by atoms with Crippen LogP contribution in [0.1, 0.15) is 21.9 Å². The van der Waals surface area contributed by atoms with Gasteiger partial charge in [-0.15, -0.1) is 0 Å². The van der Waals surface area contributed by atoms with Crippen molar-refractivity contribution in [3.05, 3.63) is 83.8 Å².